The minimum Gasteiger partial charge on any atom is -0.367 e. The molecule has 92 valence electrons. The van der Waals surface area contributed by atoms with Crippen molar-refractivity contribution in [1.82, 2.24) is 9.97 Å². The fourth-order valence-electron chi connectivity index (χ4n) is 2.05. The molecule has 0 aliphatic heterocycles. The molecule has 1 heterocycles. The molecular weight excluding hydrogens is 222 g/mol. The highest BCUT2D eigenvalue weighted by Crippen LogP contribution is 2.34. The third-order valence-electron chi connectivity index (χ3n) is 2.96. The Labute approximate surface area is 98.8 Å². The topological polar surface area (TPSA) is 93.0 Å². The van der Waals surface area contributed by atoms with E-state index in [9.17, 15) is 10.1 Å². The van der Waals surface area contributed by atoms with Gasteiger partial charge in [-0.05, 0) is 18.8 Å². The van der Waals surface area contributed by atoms with E-state index in [2.05, 4.69) is 27.5 Å². The van der Waals surface area contributed by atoms with E-state index in [1.165, 1.54) is 6.33 Å². The summed E-state index contributed by atoms with van der Waals surface area (Å²) in [6.45, 7) is 2.16. The summed E-state index contributed by atoms with van der Waals surface area (Å²) >= 11 is 0. The summed E-state index contributed by atoms with van der Waals surface area (Å²) in [5, 5.41) is 16.8. The molecule has 0 atom stereocenters. The van der Waals surface area contributed by atoms with Gasteiger partial charge in [0.15, 0.2) is 0 Å². The maximum atomic E-state index is 11.0. The van der Waals surface area contributed by atoms with Gasteiger partial charge >= 0.3 is 5.69 Å². The van der Waals surface area contributed by atoms with Crippen LogP contribution in [0, 0.1) is 16.0 Å². The highest BCUT2D eigenvalue weighted by molar-refractivity contribution is 5.69. The number of aromatic nitrogens is 2. The molecule has 7 heteroatoms. The average molecular weight is 237 g/mol. The lowest BCUT2D eigenvalue weighted by Gasteiger charge is -2.33. The number of hydrogen-bond donors (Lipinski definition) is 2. The minimum absolute atomic E-state index is 0.0884. The van der Waals surface area contributed by atoms with Crippen molar-refractivity contribution in [2.75, 3.05) is 17.7 Å². The van der Waals surface area contributed by atoms with E-state index in [4.69, 9.17) is 0 Å². The molecule has 2 N–H and O–H groups in total. The van der Waals surface area contributed by atoms with E-state index in [1.807, 2.05) is 0 Å². The highest BCUT2D eigenvalue weighted by Gasteiger charge is 2.29. The van der Waals surface area contributed by atoms with Gasteiger partial charge in [0.25, 0.3) is 0 Å². The molecule has 1 saturated carbocycles. The van der Waals surface area contributed by atoms with Crippen molar-refractivity contribution in [3.8, 4) is 0 Å². The van der Waals surface area contributed by atoms with E-state index in [-0.39, 0.29) is 17.5 Å². The lowest BCUT2D eigenvalue weighted by atomic mass is 9.82. The Morgan fingerprint density at radius 3 is 2.59 bits per heavy atom. The van der Waals surface area contributed by atoms with Gasteiger partial charge in [-0.1, -0.05) is 6.92 Å². The van der Waals surface area contributed by atoms with Gasteiger partial charge in [0.05, 0.1) is 4.92 Å². The molecule has 0 bridgehead atoms. The average Bonchev–Trinajstić information content (AvgIpc) is 2.26. The van der Waals surface area contributed by atoms with Crippen LogP contribution in [0.2, 0.25) is 0 Å². The van der Waals surface area contributed by atoms with Crippen LogP contribution in [0.1, 0.15) is 19.8 Å². The zero-order chi connectivity index (χ0) is 12.4. The van der Waals surface area contributed by atoms with Crippen LogP contribution in [0.3, 0.4) is 0 Å². The molecule has 1 fully saturated rings. The third-order valence-corrected chi connectivity index (χ3v) is 2.96. The van der Waals surface area contributed by atoms with E-state index < -0.39 is 4.92 Å². The fourth-order valence-corrected chi connectivity index (χ4v) is 2.05. The summed E-state index contributed by atoms with van der Waals surface area (Å²) in [5.74, 6) is 1.21. The highest BCUT2D eigenvalue weighted by atomic mass is 16.6. The summed E-state index contributed by atoms with van der Waals surface area (Å²) < 4.78 is 0. The standard InChI is InChI=1S/C10H15N5O2/c1-6-3-7(4-6)14-10-8(15(16)17)9(11-2)12-5-13-10/h5-7H,3-4H2,1-2H3,(H2,11,12,13,14). The maximum Gasteiger partial charge on any atom is 0.353 e. The smallest absolute Gasteiger partial charge is 0.353 e. The van der Waals surface area contributed by atoms with Crippen LogP contribution in [0.15, 0.2) is 6.33 Å². The molecule has 0 spiro atoms. The fraction of sp³-hybridized carbons (Fsp3) is 0.600. The van der Waals surface area contributed by atoms with Crippen molar-refractivity contribution in [3.05, 3.63) is 16.4 Å². The lowest BCUT2D eigenvalue weighted by Crippen LogP contribution is -2.34. The molecule has 0 saturated heterocycles. The molecule has 0 aromatic carbocycles. The summed E-state index contributed by atoms with van der Waals surface area (Å²) in [7, 11) is 1.60. The number of nitro groups is 1. The molecule has 0 unspecified atom stereocenters. The Hall–Kier alpha value is -1.92. The Morgan fingerprint density at radius 2 is 2.06 bits per heavy atom. The van der Waals surface area contributed by atoms with E-state index >= 15 is 0 Å². The first-order valence-corrected chi connectivity index (χ1v) is 5.55. The first kappa shape index (κ1) is 11.6. The molecule has 1 aromatic heterocycles. The number of nitrogens with zero attached hydrogens (tertiary/aromatic N) is 3. The Balaban J connectivity index is 2.23. The van der Waals surface area contributed by atoms with Crippen molar-refractivity contribution < 1.29 is 4.92 Å². The molecule has 0 radical (unpaired) electrons. The van der Waals surface area contributed by atoms with Crippen LogP contribution in [0.5, 0.6) is 0 Å². The van der Waals surface area contributed by atoms with Crippen molar-refractivity contribution in [2.24, 2.45) is 5.92 Å². The summed E-state index contributed by atoms with van der Waals surface area (Å²) in [6.07, 6.45) is 3.37. The van der Waals surface area contributed by atoms with Gasteiger partial charge in [-0.2, -0.15) is 0 Å². The van der Waals surface area contributed by atoms with E-state index in [0.717, 1.165) is 12.8 Å². The van der Waals surface area contributed by atoms with Crippen molar-refractivity contribution in [2.45, 2.75) is 25.8 Å². The van der Waals surface area contributed by atoms with Crippen molar-refractivity contribution in [3.63, 3.8) is 0 Å². The summed E-state index contributed by atoms with van der Waals surface area (Å²) in [4.78, 5) is 18.3. The van der Waals surface area contributed by atoms with Crippen molar-refractivity contribution >= 4 is 17.3 Å². The van der Waals surface area contributed by atoms with Gasteiger partial charge < -0.3 is 10.6 Å². The van der Waals surface area contributed by atoms with Gasteiger partial charge in [-0.15, -0.1) is 0 Å². The predicted octanol–water partition coefficient (Wildman–Crippen LogP) is 1.64. The first-order valence-electron chi connectivity index (χ1n) is 5.55. The van der Waals surface area contributed by atoms with Crippen LogP contribution < -0.4 is 10.6 Å². The van der Waals surface area contributed by atoms with Gasteiger partial charge in [0.1, 0.15) is 6.33 Å². The minimum atomic E-state index is -0.462. The van der Waals surface area contributed by atoms with Gasteiger partial charge in [-0.25, -0.2) is 9.97 Å². The van der Waals surface area contributed by atoms with Gasteiger partial charge in [0, 0.05) is 13.1 Å². The Morgan fingerprint density at radius 1 is 1.41 bits per heavy atom. The number of hydrogen-bond acceptors (Lipinski definition) is 6. The molecule has 0 amide bonds. The predicted molar refractivity (Wildman–Crippen MR) is 64.0 cm³/mol. The number of rotatable bonds is 4. The SMILES string of the molecule is CNc1ncnc(NC2CC(C)C2)c1[N+](=O)[O-]. The Bertz CT molecular complexity index is 431. The zero-order valence-corrected chi connectivity index (χ0v) is 9.80. The monoisotopic (exact) mass is 237 g/mol. The second kappa shape index (κ2) is 4.52. The van der Waals surface area contributed by atoms with Crippen LogP contribution in [-0.2, 0) is 0 Å². The quantitative estimate of drug-likeness (QED) is 0.610. The molecule has 1 aliphatic rings. The number of anilines is 2. The maximum absolute atomic E-state index is 11.0. The summed E-state index contributed by atoms with van der Waals surface area (Å²) in [5.41, 5.74) is -0.0884. The number of nitrogens with one attached hydrogen (secondary N) is 2. The molecular formula is C10H15N5O2. The normalized spacial score (nSPS) is 22.7. The van der Waals surface area contributed by atoms with E-state index in [1.54, 1.807) is 7.05 Å². The van der Waals surface area contributed by atoms with E-state index in [0.29, 0.717) is 11.7 Å². The third kappa shape index (κ3) is 2.27. The van der Waals surface area contributed by atoms with Crippen LogP contribution in [0.4, 0.5) is 17.3 Å². The Kier molecular flexibility index (Phi) is 3.08. The molecule has 17 heavy (non-hydrogen) atoms. The molecule has 7 nitrogen and oxygen atoms in total. The lowest BCUT2D eigenvalue weighted by molar-refractivity contribution is -0.383. The van der Waals surface area contributed by atoms with Crippen LogP contribution in [0.25, 0.3) is 0 Å². The first-order chi connectivity index (χ1) is 8.11. The van der Waals surface area contributed by atoms with Gasteiger partial charge in [0.2, 0.25) is 11.6 Å². The van der Waals surface area contributed by atoms with Crippen LogP contribution in [-0.4, -0.2) is 28.0 Å². The van der Waals surface area contributed by atoms with Gasteiger partial charge in [-0.3, -0.25) is 10.1 Å². The molecule has 1 aliphatic carbocycles. The molecule has 1 aromatic rings. The van der Waals surface area contributed by atoms with Crippen molar-refractivity contribution in [1.29, 1.82) is 0 Å². The largest absolute Gasteiger partial charge is 0.367 e. The summed E-state index contributed by atoms with van der Waals surface area (Å²) in [6, 6.07) is 0.281. The second-order valence-corrected chi connectivity index (χ2v) is 4.34. The second-order valence-electron chi connectivity index (χ2n) is 4.34. The van der Waals surface area contributed by atoms with Crippen LogP contribution >= 0.6 is 0 Å². The zero-order valence-electron chi connectivity index (χ0n) is 9.80. The molecule has 2 rings (SSSR count).